The molecule has 0 heterocycles. The zero-order valence-electron chi connectivity index (χ0n) is 11.3. The van der Waals surface area contributed by atoms with Gasteiger partial charge >= 0.3 is 12.0 Å². The Hall–Kier alpha value is -2.19. The van der Waals surface area contributed by atoms with Crippen molar-refractivity contribution in [3.8, 4) is 11.5 Å². The Balaban J connectivity index is 2.91. The number of hydrogen-bond acceptors (Lipinski definition) is 5. The second kappa shape index (κ2) is 7.55. The number of rotatable bonds is 6. The van der Waals surface area contributed by atoms with Crippen LogP contribution in [-0.2, 0) is 4.79 Å². The molecule has 1 rings (SSSR count). The molecule has 1 aromatic rings. The molecule has 21 heavy (non-hydrogen) atoms. The summed E-state index contributed by atoms with van der Waals surface area (Å²) in [6.07, 6.45) is 0. The highest BCUT2D eigenvalue weighted by atomic mass is 35.5. The molecule has 8 nitrogen and oxygen atoms in total. The van der Waals surface area contributed by atoms with Gasteiger partial charge in [-0.05, 0) is 0 Å². The first-order valence-corrected chi connectivity index (χ1v) is 6.13. The zero-order valence-corrected chi connectivity index (χ0v) is 12.1. The maximum atomic E-state index is 11.7. The standard InChI is InChI=1S/C12H15ClN2O6/c1-20-9-4-7(10(21-2)3-6(9)13)14-12(19)15-8(5-16)11(17)18/h3-4,8,16H,5H2,1-2H3,(H,17,18)(H2,14,15,19)/t8-/m1/s1. The first-order chi connectivity index (χ1) is 9.92. The van der Waals surface area contributed by atoms with Gasteiger partial charge in [0.1, 0.15) is 11.5 Å². The van der Waals surface area contributed by atoms with E-state index in [2.05, 4.69) is 10.6 Å². The van der Waals surface area contributed by atoms with Crippen molar-refractivity contribution in [3.63, 3.8) is 0 Å². The van der Waals surface area contributed by atoms with Crippen molar-refractivity contribution in [1.29, 1.82) is 0 Å². The van der Waals surface area contributed by atoms with E-state index in [1.54, 1.807) is 0 Å². The summed E-state index contributed by atoms with van der Waals surface area (Å²) in [6, 6.07) is 0.635. The van der Waals surface area contributed by atoms with Gasteiger partial charge in [0.2, 0.25) is 0 Å². The zero-order chi connectivity index (χ0) is 16.0. The van der Waals surface area contributed by atoms with Gasteiger partial charge in [-0.25, -0.2) is 9.59 Å². The molecule has 2 amide bonds. The lowest BCUT2D eigenvalue weighted by Crippen LogP contribution is -2.45. The summed E-state index contributed by atoms with van der Waals surface area (Å²) in [4.78, 5) is 22.4. The summed E-state index contributed by atoms with van der Waals surface area (Å²) in [7, 11) is 2.79. The van der Waals surface area contributed by atoms with Crippen molar-refractivity contribution in [1.82, 2.24) is 5.32 Å². The summed E-state index contributed by atoms with van der Waals surface area (Å²) in [5, 5.41) is 22.4. The lowest BCUT2D eigenvalue weighted by Gasteiger charge is -2.15. The SMILES string of the molecule is COc1cc(NC(=O)N[C@H](CO)C(=O)O)c(OC)cc1Cl. The number of carboxylic acids is 1. The van der Waals surface area contributed by atoms with Crippen molar-refractivity contribution < 1.29 is 29.3 Å². The van der Waals surface area contributed by atoms with Crippen molar-refractivity contribution in [2.24, 2.45) is 0 Å². The Bertz CT molecular complexity index is 537. The molecule has 0 saturated heterocycles. The predicted molar refractivity (Wildman–Crippen MR) is 75.2 cm³/mol. The van der Waals surface area contributed by atoms with E-state index in [-0.39, 0.29) is 11.4 Å². The van der Waals surface area contributed by atoms with Gasteiger partial charge in [-0.1, -0.05) is 11.6 Å². The minimum absolute atomic E-state index is 0.235. The van der Waals surface area contributed by atoms with Crippen LogP contribution in [0.2, 0.25) is 5.02 Å². The van der Waals surface area contributed by atoms with Crippen LogP contribution in [0.1, 0.15) is 0 Å². The maximum Gasteiger partial charge on any atom is 0.328 e. The number of hydrogen-bond donors (Lipinski definition) is 4. The molecular weight excluding hydrogens is 304 g/mol. The van der Waals surface area contributed by atoms with Crippen LogP contribution in [0.4, 0.5) is 10.5 Å². The highest BCUT2D eigenvalue weighted by Gasteiger charge is 2.20. The molecule has 0 aliphatic carbocycles. The Kier molecular flexibility index (Phi) is 6.07. The van der Waals surface area contributed by atoms with E-state index in [0.717, 1.165) is 0 Å². The molecule has 0 spiro atoms. The molecule has 0 aliphatic heterocycles. The van der Waals surface area contributed by atoms with Gasteiger partial charge in [-0.2, -0.15) is 0 Å². The third-order valence-corrected chi connectivity index (χ3v) is 2.80. The van der Waals surface area contributed by atoms with Crippen molar-refractivity contribution >= 4 is 29.3 Å². The number of methoxy groups -OCH3 is 2. The number of aliphatic hydroxyl groups is 1. The fraction of sp³-hybridized carbons (Fsp3) is 0.333. The Morgan fingerprint density at radius 3 is 2.38 bits per heavy atom. The van der Waals surface area contributed by atoms with Gasteiger partial charge < -0.3 is 30.3 Å². The lowest BCUT2D eigenvalue weighted by molar-refractivity contribution is -0.140. The molecule has 1 atom stereocenters. The molecule has 0 saturated carbocycles. The molecule has 9 heteroatoms. The number of benzene rings is 1. The van der Waals surface area contributed by atoms with Crippen LogP contribution in [0.25, 0.3) is 0 Å². The normalized spacial score (nSPS) is 11.4. The molecule has 0 bridgehead atoms. The van der Waals surface area contributed by atoms with Gasteiger partial charge in [0.25, 0.3) is 0 Å². The quantitative estimate of drug-likeness (QED) is 0.619. The third kappa shape index (κ3) is 4.40. The molecule has 0 aromatic heterocycles. The highest BCUT2D eigenvalue weighted by Crippen LogP contribution is 2.35. The van der Waals surface area contributed by atoms with Crippen molar-refractivity contribution in [3.05, 3.63) is 17.2 Å². The predicted octanol–water partition coefficient (Wildman–Crippen LogP) is 0.924. The van der Waals surface area contributed by atoms with E-state index in [9.17, 15) is 9.59 Å². The molecule has 0 radical (unpaired) electrons. The average molecular weight is 319 g/mol. The minimum Gasteiger partial charge on any atom is -0.495 e. The third-order valence-electron chi connectivity index (χ3n) is 2.51. The summed E-state index contributed by atoms with van der Waals surface area (Å²) in [5.41, 5.74) is 0.235. The molecule has 1 aromatic carbocycles. The Morgan fingerprint density at radius 1 is 1.29 bits per heavy atom. The lowest BCUT2D eigenvalue weighted by atomic mass is 10.2. The number of ether oxygens (including phenoxy) is 2. The topological polar surface area (TPSA) is 117 Å². The van der Waals surface area contributed by atoms with Crippen LogP contribution >= 0.6 is 11.6 Å². The van der Waals surface area contributed by atoms with Gasteiger partial charge in [-0.3, -0.25) is 0 Å². The van der Waals surface area contributed by atoms with Gasteiger partial charge in [0, 0.05) is 12.1 Å². The van der Waals surface area contributed by atoms with Crippen molar-refractivity contribution in [2.45, 2.75) is 6.04 Å². The average Bonchev–Trinajstić information content (AvgIpc) is 2.45. The summed E-state index contributed by atoms with van der Waals surface area (Å²) >= 11 is 5.92. The number of carbonyl (C=O) groups excluding carboxylic acids is 1. The summed E-state index contributed by atoms with van der Waals surface area (Å²) in [5.74, 6) is -0.773. The first-order valence-electron chi connectivity index (χ1n) is 5.75. The van der Waals surface area contributed by atoms with Crippen molar-refractivity contribution in [2.75, 3.05) is 26.1 Å². The van der Waals surface area contributed by atoms with Crippen LogP contribution in [0.3, 0.4) is 0 Å². The van der Waals surface area contributed by atoms with E-state index in [4.69, 9.17) is 31.3 Å². The second-order valence-electron chi connectivity index (χ2n) is 3.86. The number of carbonyl (C=O) groups is 2. The van der Waals surface area contributed by atoms with Gasteiger partial charge in [0.15, 0.2) is 6.04 Å². The molecule has 4 N–H and O–H groups in total. The van der Waals surface area contributed by atoms with Crippen LogP contribution in [-0.4, -0.2) is 49.1 Å². The number of halogens is 1. The van der Waals surface area contributed by atoms with Crippen LogP contribution in [0.5, 0.6) is 11.5 Å². The Morgan fingerprint density at radius 2 is 1.90 bits per heavy atom. The number of urea groups is 1. The second-order valence-corrected chi connectivity index (χ2v) is 4.27. The monoisotopic (exact) mass is 318 g/mol. The Labute approximate surface area is 125 Å². The van der Waals surface area contributed by atoms with E-state index in [1.165, 1.54) is 26.4 Å². The molecule has 116 valence electrons. The van der Waals surface area contributed by atoms with Crippen LogP contribution in [0.15, 0.2) is 12.1 Å². The fourth-order valence-electron chi connectivity index (χ4n) is 1.46. The molecule has 0 aliphatic rings. The van der Waals surface area contributed by atoms with Gasteiger partial charge in [0.05, 0.1) is 31.5 Å². The van der Waals surface area contributed by atoms with Crippen LogP contribution in [0, 0.1) is 0 Å². The molecule has 0 unspecified atom stereocenters. The highest BCUT2D eigenvalue weighted by molar-refractivity contribution is 6.32. The first kappa shape index (κ1) is 16.9. The fourth-order valence-corrected chi connectivity index (χ4v) is 1.69. The van der Waals surface area contributed by atoms with Crippen LogP contribution < -0.4 is 20.1 Å². The summed E-state index contributed by atoms with van der Waals surface area (Å²) < 4.78 is 10.1. The number of carboxylic acid groups (broad SMARTS) is 1. The number of amides is 2. The number of anilines is 1. The van der Waals surface area contributed by atoms with E-state index in [0.29, 0.717) is 10.8 Å². The van der Waals surface area contributed by atoms with E-state index in [1.807, 2.05) is 0 Å². The van der Waals surface area contributed by atoms with E-state index >= 15 is 0 Å². The molecular formula is C12H15ClN2O6. The molecule has 0 fully saturated rings. The number of aliphatic hydroxyl groups excluding tert-OH is 1. The number of nitrogens with one attached hydrogen (secondary N) is 2. The smallest absolute Gasteiger partial charge is 0.328 e. The van der Waals surface area contributed by atoms with E-state index < -0.39 is 24.6 Å². The largest absolute Gasteiger partial charge is 0.495 e. The summed E-state index contributed by atoms with van der Waals surface area (Å²) in [6.45, 7) is -0.732. The number of aliphatic carboxylic acids is 1. The minimum atomic E-state index is -1.41. The van der Waals surface area contributed by atoms with Gasteiger partial charge in [-0.15, -0.1) is 0 Å². The maximum absolute atomic E-state index is 11.7.